The van der Waals surface area contributed by atoms with Crippen LogP contribution in [0.3, 0.4) is 0 Å². The van der Waals surface area contributed by atoms with Gasteiger partial charge < -0.3 is 9.64 Å². The van der Waals surface area contributed by atoms with Crippen molar-refractivity contribution in [2.24, 2.45) is 5.92 Å². The van der Waals surface area contributed by atoms with Crippen LogP contribution in [0.4, 0.5) is 4.79 Å². The van der Waals surface area contributed by atoms with Crippen LogP contribution in [0.15, 0.2) is 30.3 Å². The van der Waals surface area contributed by atoms with E-state index in [4.69, 9.17) is 4.74 Å². The Kier molecular flexibility index (Phi) is 4.63. The van der Waals surface area contributed by atoms with Gasteiger partial charge in [0.1, 0.15) is 5.54 Å². The van der Waals surface area contributed by atoms with E-state index in [-0.39, 0.29) is 11.9 Å². The van der Waals surface area contributed by atoms with Crippen LogP contribution >= 0.6 is 0 Å². The zero-order valence-electron chi connectivity index (χ0n) is 12.8. The molecule has 21 heavy (non-hydrogen) atoms. The number of amides is 3. The summed E-state index contributed by atoms with van der Waals surface area (Å²) in [5.41, 5.74) is -0.170. The van der Waals surface area contributed by atoms with Crippen LogP contribution < -0.4 is 5.32 Å². The number of ether oxygens (including phenoxy) is 1. The maximum atomic E-state index is 12.2. The number of urea groups is 1. The fraction of sp³-hybridized carbons (Fsp3) is 0.500. The van der Waals surface area contributed by atoms with Crippen molar-refractivity contribution >= 4 is 11.9 Å². The number of nitrogens with one attached hydrogen (secondary N) is 1. The first-order chi connectivity index (χ1) is 9.96. The van der Waals surface area contributed by atoms with Gasteiger partial charge >= 0.3 is 6.03 Å². The maximum Gasteiger partial charge on any atom is 0.325 e. The highest BCUT2D eigenvalue weighted by Gasteiger charge is 2.50. The van der Waals surface area contributed by atoms with Gasteiger partial charge in [0.05, 0.1) is 6.61 Å². The topological polar surface area (TPSA) is 58.6 Å². The quantitative estimate of drug-likeness (QED) is 0.645. The minimum Gasteiger partial charge on any atom is -0.379 e. The Balaban J connectivity index is 2.13. The van der Waals surface area contributed by atoms with Gasteiger partial charge in [-0.15, -0.1) is 0 Å². The molecule has 1 unspecified atom stereocenters. The minimum absolute atomic E-state index is 0.289. The van der Waals surface area contributed by atoms with Crippen molar-refractivity contribution in [3.05, 3.63) is 35.9 Å². The molecule has 5 nitrogen and oxygen atoms in total. The Hall–Kier alpha value is -1.88. The molecule has 2 rings (SSSR count). The van der Waals surface area contributed by atoms with Crippen molar-refractivity contribution in [2.75, 3.05) is 19.8 Å². The molecule has 0 radical (unpaired) electrons. The molecule has 1 atom stereocenters. The minimum atomic E-state index is -0.973. The molecule has 0 bridgehead atoms. The molecule has 1 N–H and O–H groups in total. The average Bonchev–Trinajstić information content (AvgIpc) is 2.67. The summed E-state index contributed by atoms with van der Waals surface area (Å²) in [6.45, 7) is 7.35. The van der Waals surface area contributed by atoms with E-state index in [1.54, 1.807) is 11.8 Å². The van der Waals surface area contributed by atoms with Gasteiger partial charge in [0.2, 0.25) is 0 Å². The summed E-state index contributed by atoms with van der Waals surface area (Å²) in [6, 6.07) is 8.98. The van der Waals surface area contributed by atoms with Gasteiger partial charge in [-0.05, 0) is 18.4 Å². The Morgan fingerprint density at radius 2 is 1.90 bits per heavy atom. The molecular formula is C16H22N2O3. The number of carbonyl (C=O) groups excluding carboxylic acids is 2. The van der Waals surface area contributed by atoms with E-state index in [1.165, 1.54) is 0 Å². The lowest BCUT2D eigenvalue weighted by atomic mass is 9.90. The highest BCUT2D eigenvalue weighted by atomic mass is 16.5. The molecule has 1 aliphatic heterocycles. The fourth-order valence-corrected chi connectivity index (χ4v) is 2.46. The summed E-state index contributed by atoms with van der Waals surface area (Å²) in [6.07, 6.45) is 0. The second-order valence-electron chi connectivity index (χ2n) is 5.82. The van der Waals surface area contributed by atoms with Crippen molar-refractivity contribution < 1.29 is 14.3 Å². The lowest BCUT2D eigenvalue weighted by Crippen LogP contribution is -2.45. The lowest BCUT2D eigenvalue weighted by Gasteiger charge is -2.32. The molecule has 5 heteroatoms. The maximum absolute atomic E-state index is 12.2. The highest BCUT2D eigenvalue weighted by Crippen LogP contribution is 2.32. The Morgan fingerprint density at radius 1 is 1.24 bits per heavy atom. The summed E-state index contributed by atoms with van der Waals surface area (Å²) >= 11 is 0. The third-order valence-electron chi connectivity index (χ3n) is 3.69. The summed E-state index contributed by atoms with van der Waals surface area (Å²) < 4.78 is 5.54. The number of benzene rings is 1. The van der Waals surface area contributed by atoms with Crippen molar-refractivity contribution in [2.45, 2.75) is 26.3 Å². The Labute approximate surface area is 125 Å². The van der Waals surface area contributed by atoms with Crippen LogP contribution in [0.5, 0.6) is 0 Å². The van der Waals surface area contributed by atoms with Crippen LogP contribution in [0, 0.1) is 5.92 Å². The van der Waals surface area contributed by atoms with Gasteiger partial charge in [0.25, 0.3) is 5.91 Å². The lowest BCUT2D eigenvalue weighted by molar-refractivity contribution is -0.126. The average molecular weight is 290 g/mol. The summed E-state index contributed by atoms with van der Waals surface area (Å²) in [4.78, 5) is 25.8. The van der Waals surface area contributed by atoms with Crippen LogP contribution in [0.25, 0.3) is 0 Å². The summed E-state index contributed by atoms with van der Waals surface area (Å²) in [7, 11) is 0. The molecule has 114 valence electrons. The molecule has 0 aliphatic carbocycles. The third kappa shape index (κ3) is 3.08. The highest BCUT2D eigenvalue weighted by molar-refractivity contribution is 6.07. The Bertz CT molecular complexity index is 516. The number of rotatable bonds is 6. The van der Waals surface area contributed by atoms with Gasteiger partial charge in [-0.3, -0.25) is 10.1 Å². The van der Waals surface area contributed by atoms with E-state index in [0.29, 0.717) is 25.7 Å². The molecule has 1 aliphatic rings. The van der Waals surface area contributed by atoms with Gasteiger partial charge in [-0.25, -0.2) is 4.79 Å². The molecule has 1 aromatic carbocycles. The molecule has 1 fully saturated rings. The first-order valence-corrected chi connectivity index (χ1v) is 7.22. The predicted molar refractivity (Wildman–Crippen MR) is 79.7 cm³/mol. The first kappa shape index (κ1) is 15.5. The van der Waals surface area contributed by atoms with Crippen LogP contribution in [-0.2, 0) is 15.1 Å². The van der Waals surface area contributed by atoms with Crippen LogP contribution in [-0.4, -0.2) is 36.6 Å². The number of hydrogen-bond donors (Lipinski definition) is 1. The summed E-state index contributed by atoms with van der Waals surface area (Å²) in [5, 5.41) is 2.40. The number of imide groups is 1. The monoisotopic (exact) mass is 290 g/mol. The van der Waals surface area contributed by atoms with Gasteiger partial charge in [0, 0.05) is 13.2 Å². The van der Waals surface area contributed by atoms with E-state index < -0.39 is 5.54 Å². The predicted octanol–water partition coefficient (Wildman–Crippen LogP) is 2.13. The molecule has 1 saturated heterocycles. The Morgan fingerprint density at radius 3 is 2.52 bits per heavy atom. The second kappa shape index (κ2) is 6.26. The molecule has 0 aromatic heterocycles. The van der Waals surface area contributed by atoms with E-state index in [2.05, 4.69) is 19.2 Å². The van der Waals surface area contributed by atoms with Crippen molar-refractivity contribution in [3.63, 3.8) is 0 Å². The zero-order valence-corrected chi connectivity index (χ0v) is 12.8. The van der Waals surface area contributed by atoms with Crippen molar-refractivity contribution in [1.29, 1.82) is 0 Å². The number of hydrogen-bond acceptors (Lipinski definition) is 3. The molecular weight excluding hydrogens is 268 g/mol. The number of nitrogens with zero attached hydrogens (tertiary/aromatic N) is 1. The SMILES string of the molecule is CC(C)COCCN1C(=O)NC(=O)C1(C)c1ccccc1. The normalized spacial score (nSPS) is 22.0. The summed E-state index contributed by atoms with van der Waals surface area (Å²) in [5.74, 6) is 0.155. The third-order valence-corrected chi connectivity index (χ3v) is 3.69. The van der Waals surface area contributed by atoms with Crippen LogP contribution in [0.1, 0.15) is 26.3 Å². The molecule has 1 heterocycles. The van der Waals surface area contributed by atoms with Gasteiger partial charge in [0.15, 0.2) is 0 Å². The van der Waals surface area contributed by atoms with Crippen LogP contribution in [0.2, 0.25) is 0 Å². The standard InChI is InChI=1S/C16H22N2O3/c1-12(2)11-21-10-9-18-15(20)17-14(19)16(18,3)13-7-5-4-6-8-13/h4-8,12H,9-11H2,1-3H3,(H,17,19,20). The molecule has 3 amide bonds. The zero-order chi connectivity index (χ0) is 15.5. The first-order valence-electron chi connectivity index (χ1n) is 7.22. The van der Waals surface area contributed by atoms with E-state index >= 15 is 0 Å². The fourth-order valence-electron chi connectivity index (χ4n) is 2.46. The smallest absolute Gasteiger partial charge is 0.325 e. The van der Waals surface area contributed by atoms with E-state index in [0.717, 1.165) is 5.56 Å². The van der Waals surface area contributed by atoms with Crippen molar-refractivity contribution in [3.8, 4) is 0 Å². The largest absolute Gasteiger partial charge is 0.379 e. The van der Waals surface area contributed by atoms with E-state index in [1.807, 2.05) is 30.3 Å². The van der Waals surface area contributed by atoms with E-state index in [9.17, 15) is 9.59 Å². The molecule has 0 spiro atoms. The van der Waals surface area contributed by atoms with Gasteiger partial charge in [-0.2, -0.15) is 0 Å². The number of carbonyl (C=O) groups is 2. The molecule has 0 saturated carbocycles. The molecule has 1 aromatic rings. The van der Waals surface area contributed by atoms with Gasteiger partial charge in [-0.1, -0.05) is 44.2 Å². The van der Waals surface area contributed by atoms with Crippen molar-refractivity contribution in [1.82, 2.24) is 10.2 Å². The second-order valence-corrected chi connectivity index (χ2v) is 5.82.